The second-order valence-electron chi connectivity index (χ2n) is 7.21. The Balaban J connectivity index is 1.84. The van der Waals surface area contributed by atoms with E-state index >= 15 is 0 Å². The number of amides is 1. The quantitative estimate of drug-likeness (QED) is 0.445. The fraction of sp³-hybridized carbons (Fsp3) is 0.857. The van der Waals surface area contributed by atoms with Crippen LogP contribution in [-0.4, -0.2) is 87.3 Å². The van der Waals surface area contributed by atoms with Gasteiger partial charge in [0.05, 0.1) is 0 Å². The summed E-state index contributed by atoms with van der Waals surface area (Å²) >= 11 is 0. The summed E-state index contributed by atoms with van der Waals surface area (Å²) in [4.78, 5) is 24.6. The van der Waals surface area contributed by atoms with Gasteiger partial charge in [-0.3, -0.25) is 4.90 Å². The van der Waals surface area contributed by atoms with Crippen LogP contribution in [0.1, 0.15) is 20.8 Å². The van der Waals surface area contributed by atoms with Crippen LogP contribution in [0.2, 0.25) is 0 Å². The van der Waals surface area contributed by atoms with Crippen LogP contribution < -0.4 is 5.32 Å². The summed E-state index contributed by atoms with van der Waals surface area (Å²) in [6.07, 6.45) is -7.12. The van der Waals surface area contributed by atoms with Crippen molar-refractivity contribution < 1.29 is 39.1 Å². The Bertz CT molecular complexity index is 549. The van der Waals surface area contributed by atoms with Crippen molar-refractivity contribution in [3.8, 4) is 0 Å². The maximum absolute atomic E-state index is 12.2. The smallest absolute Gasteiger partial charge is 0.414 e. The number of carbonyl (C=O) groups excluding carboxylic acids is 1. The summed E-state index contributed by atoms with van der Waals surface area (Å²) in [5, 5.41) is 33.1. The summed E-state index contributed by atoms with van der Waals surface area (Å²) in [7, 11) is 0. The summed E-state index contributed by atoms with van der Waals surface area (Å²) in [6, 6.07) is 0. The number of carboxylic acid groups (broad SMARTS) is 1. The Kier molecular flexibility index (Phi) is 4.00. The lowest BCUT2D eigenvalue weighted by atomic mass is 9.96. The van der Waals surface area contributed by atoms with Crippen molar-refractivity contribution >= 4 is 12.1 Å². The third kappa shape index (κ3) is 2.54. The third-order valence-electron chi connectivity index (χ3n) is 4.35. The van der Waals surface area contributed by atoms with Crippen molar-refractivity contribution in [2.45, 2.75) is 62.7 Å². The molecule has 6 unspecified atom stereocenters. The van der Waals surface area contributed by atoms with Gasteiger partial charge in [0.2, 0.25) is 5.60 Å². The first-order valence-electron chi connectivity index (χ1n) is 7.72. The molecule has 10 heteroatoms. The zero-order chi connectivity index (χ0) is 17.9. The van der Waals surface area contributed by atoms with Gasteiger partial charge >= 0.3 is 12.1 Å². The largest absolute Gasteiger partial charge is 0.479 e. The van der Waals surface area contributed by atoms with Gasteiger partial charge in [0, 0.05) is 13.1 Å². The Morgan fingerprint density at radius 3 is 2.46 bits per heavy atom. The fourth-order valence-electron chi connectivity index (χ4n) is 3.26. The molecule has 0 saturated carbocycles. The molecule has 24 heavy (non-hydrogen) atoms. The monoisotopic (exact) mass is 346 g/mol. The van der Waals surface area contributed by atoms with Gasteiger partial charge in [0.1, 0.15) is 23.9 Å². The lowest BCUT2D eigenvalue weighted by Crippen LogP contribution is -2.63. The van der Waals surface area contributed by atoms with E-state index in [1.807, 2.05) is 0 Å². The number of aliphatic hydroxyl groups excluding tert-OH is 2. The van der Waals surface area contributed by atoms with Crippen molar-refractivity contribution in [1.29, 1.82) is 0 Å². The van der Waals surface area contributed by atoms with E-state index in [0.717, 1.165) is 0 Å². The molecule has 3 fully saturated rings. The lowest BCUT2D eigenvalue weighted by Gasteiger charge is -2.41. The maximum atomic E-state index is 12.2. The van der Waals surface area contributed by atoms with E-state index in [4.69, 9.17) is 14.2 Å². The van der Waals surface area contributed by atoms with Crippen LogP contribution in [0.15, 0.2) is 0 Å². The number of carboxylic acids is 1. The summed E-state index contributed by atoms with van der Waals surface area (Å²) in [5.74, 6) is -1.23. The van der Waals surface area contributed by atoms with E-state index in [0.29, 0.717) is 4.90 Å². The van der Waals surface area contributed by atoms with E-state index in [-0.39, 0.29) is 13.1 Å². The van der Waals surface area contributed by atoms with E-state index in [1.54, 1.807) is 20.8 Å². The van der Waals surface area contributed by atoms with E-state index in [2.05, 4.69) is 5.32 Å². The number of likely N-dealkylation sites (tertiary alicyclic amines) is 1. The minimum Gasteiger partial charge on any atom is -0.479 e. The molecular weight excluding hydrogens is 324 g/mol. The number of hydrogen-bond acceptors (Lipinski definition) is 8. The molecule has 0 aliphatic carbocycles. The highest BCUT2D eigenvalue weighted by Gasteiger charge is 2.65. The highest BCUT2D eigenvalue weighted by Crippen LogP contribution is 2.40. The topological polar surface area (TPSA) is 138 Å². The van der Waals surface area contributed by atoms with Gasteiger partial charge < -0.3 is 34.8 Å². The molecule has 0 aromatic carbocycles. The van der Waals surface area contributed by atoms with Gasteiger partial charge in [-0.15, -0.1) is 0 Å². The van der Waals surface area contributed by atoms with Crippen LogP contribution >= 0.6 is 0 Å². The molecule has 1 amide bonds. The standard InChI is InChI=1S/C14H22N2O8/c1-13(2,3)24-12(21)16-9(17)7-8(10(16)18)23-14(11(19)20)5-15-4-6(14)22-7/h6-10,15,17-18H,4-5H2,1-3H3,(H,19,20). The first-order chi connectivity index (χ1) is 11.1. The Morgan fingerprint density at radius 2 is 1.88 bits per heavy atom. The molecule has 3 heterocycles. The molecule has 0 aromatic heterocycles. The zero-order valence-electron chi connectivity index (χ0n) is 13.6. The third-order valence-corrected chi connectivity index (χ3v) is 4.35. The van der Waals surface area contributed by atoms with Gasteiger partial charge in [-0.2, -0.15) is 0 Å². The predicted octanol–water partition coefficient (Wildman–Crippen LogP) is -1.55. The minimum absolute atomic E-state index is 0.00543. The number of nitrogens with one attached hydrogen (secondary N) is 1. The number of nitrogens with zero attached hydrogens (tertiary/aromatic N) is 1. The molecule has 4 N–H and O–H groups in total. The van der Waals surface area contributed by atoms with E-state index in [9.17, 15) is 24.9 Å². The summed E-state index contributed by atoms with van der Waals surface area (Å²) < 4.78 is 16.5. The van der Waals surface area contributed by atoms with Crippen molar-refractivity contribution in [2.75, 3.05) is 13.1 Å². The highest BCUT2D eigenvalue weighted by atomic mass is 16.6. The predicted molar refractivity (Wildman–Crippen MR) is 76.9 cm³/mol. The van der Waals surface area contributed by atoms with Gasteiger partial charge in [-0.25, -0.2) is 9.59 Å². The molecular formula is C14H22N2O8. The fourth-order valence-corrected chi connectivity index (χ4v) is 3.26. The van der Waals surface area contributed by atoms with Crippen LogP contribution in [0.5, 0.6) is 0 Å². The van der Waals surface area contributed by atoms with Gasteiger partial charge in [-0.1, -0.05) is 0 Å². The average Bonchev–Trinajstić information content (AvgIpc) is 2.96. The number of hydrogen-bond donors (Lipinski definition) is 4. The molecule has 6 atom stereocenters. The SMILES string of the molecule is CC(C)(C)OC(=O)N1C(O)C2OC3CNCC3(C(=O)O)OC2C1O. The van der Waals surface area contributed by atoms with Crippen LogP contribution in [0.3, 0.4) is 0 Å². The molecule has 3 aliphatic rings. The van der Waals surface area contributed by atoms with Crippen molar-refractivity contribution in [3.05, 3.63) is 0 Å². The van der Waals surface area contributed by atoms with Crippen LogP contribution in [-0.2, 0) is 19.0 Å². The minimum atomic E-state index is -1.66. The molecule has 0 radical (unpaired) electrons. The summed E-state index contributed by atoms with van der Waals surface area (Å²) in [5.41, 5.74) is -2.49. The molecule has 136 valence electrons. The molecule has 0 aromatic rings. The molecule has 3 saturated heterocycles. The van der Waals surface area contributed by atoms with Crippen molar-refractivity contribution in [2.24, 2.45) is 0 Å². The van der Waals surface area contributed by atoms with Crippen molar-refractivity contribution in [3.63, 3.8) is 0 Å². The van der Waals surface area contributed by atoms with Crippen molar-refractivity contribution in [1.82, 2.24) is 10.2 Å². The number of carbonyl (C=O) groups is 2. The second-order valence-corrected chi connectivity index (χ2v) is 7.21. The second kappa shape index (κ2) is 5.53. The highest BCUT2D eigenvalue weighted by molar-refractivity contribution is 5.80. The molecule has 3 aliphatic heterocycles. The molecule has 3 rings (SSSR count). The number of fused-ring (bicyclic) bond motifs is 2. The number of ether oxygens (including phenoxy) is 3. The Morgan fingerprint density at radius 1 is 1.25 bits per heavy atom. The number of rotatable bonds is 1. The lowest BCUT2D eigenvalue weighted by molar-refractivity contribution is -0.265. The number of aliphatic carboxylic acids is 1. The normalized spacial score (nSPS) is 41.7. The molecule has 10 nitrogen and oxygen atoms in total. The van der Waals surface area contributed by atoms with Crippen LogP contribution in [0.25, 0.3) is 0 Å². The van der Waals surface area contributed by atoms with E-state index in [1.165, 1.54) is 0 Å². The van der Waals surface area contributed by atoms with Crippen LogP contribution in [0, 0.1) is 0 Å². The molecule has 0 spiro atoms. The first kappa shape index (κ1) is 17.4. The molecule has 0 bridgehead atoms. The Hall–Kier alpha value is -1.46. The van der Waals surface area contributed by atoms with Crippen LogP contribution in [0.4, 0.5) is 4.79 Å². The Labute approximate surface area is 138 Å². The van der Waals surface area contributed by atoms with Gasteiger partial charge in [0.15, 0.2) is 12.5 Å². The summed E-state index contributed by atoms with van der Waals surface area (Å²) in [6.45, 7) is 5.18. The first-order valence-corrected chi connectivity index (χ1v) is 7.72. The maximum Gasteiger partial charge on any atom is 0.414 e. The van der Waals surface area contributed by atoms with Gasteiger partial charge in [0.25, 0.3) is 0 Å². The van der Waals surface area contributed by atoms with E-state index < -0.39 is 54.0 Å². The zero-order valence-corrected chi connectivity index (χ0v) is 13.6. The number of aliphatic hydroxyl groups is 2. The average molecular weight is 346 g/mol. The van der Waals surface area contributed by atoms with Gasteiger partial charge in [-0.05, 0) is 20.8 Å².